The molecule has 6 heteroatoms. The van der Waals surface area contributed by atoms with Gasteiger partial charge in [0.2, 0.25) is 0 Å². The Morgan fingerprint density at radius 1 is 1.08 bits per heavy atom. The normalized spacial score (nSPS) is 12.5. The predicted octanol–water partition coefficient (Wildman–Crippen LogP) is 3.22. The van der Waals surface area contributed by atoms with Crippen LogP contribution in [0.15, 0.2) is 52.5 Å². The first-order chi connectivity index (χ1) is 11.6. The highest BCUT2D eigenvalue weighted by molar-refractivity contribution is 9.10. The van der Waals surface area contributed by atoms with E-state index in [1.165, 1.54) is 0 Å². The highest BCUT2D eigenvalue weighted by Crippen LogP contribution is 2.32. The molecular weight excluding hydrogens is 372 g/mol. The smallest absolute Gasteiger partial charge is 0.255 e. The van der Waals surface area contributed by atoms with Crippen molar-refractivity contribution in [1.29, 1.82) is 0 Å². The number of hydrogen-bond acceptors (Lipinski definition) is 3. The molecule has 3 rings (SSSR count). The summed E-state index contributed by atoms with van der Waals surface area (Å²) in [6.45, 7) is 0.178. The Hall–Kier alpha value is -2.60. The minimum Gasteiger partial charge on any atom is -0.488 e. The molecular formula is C18H15BrN2O3. The molecule has 0 spiro atoms. The van der Waals surface area contributed by atoms with E-state index >= 15 is 0 Å². The van der Waals surface area contributed by atoms with Crippen molar-refractivity contribution in [3.8, 4) is 5.75 Å². The van der Waals surface area contributed by atoms with Crippen LogP contribution in [0.3, 0.4) is 0 Å². The van der Waals surface area contributed by atoms with Gasteiger partial charge in [0.05, 0.1) is 16.8 Å². The van der Waals surface area contributed by atoms with Crippen molar-refractivity contribution in [2.45, 2.75) is 0 Å². The van der Waals surface area contributed by atoms with E-state index in [0.29, 0.717) is 16.8 Å². The van der Waals surface area contributed by atoms with Crippen LogP contribution in [0, 0.1) is 0 Å². The van der Waals surface area contributed by atoms with E-state index in [1.807, 2.05) is 18.2 Å². The number of rotatable bonds is 3. The second-order valence-corrected chi connectivity index (χ2v) is 6.04. The molecule has 1 aliphatic rings. The van der Waals surface area contributed by atoms with Gasteiger partial charge < -0.3 is 15.4 Å². The number of hydrogen-bond donors (Lipinski definition) is 2. The minimum absolute atomic E-state index is 0.178. The van der Waals surface area contributed by atoms with Gasteiger partial charge in [-0.2, -0.15) is 0 Å². The fraction of sp³-hybridized carbons (Fsp3) is 0.111. The van der Waals surface area contributed by atoms with E-state index in [4.69, 9.17) is 4.74 Å². The molecule has 0 fully saturated rings. The van der Waals surface area contributed by atoms with Gasteiger partial charge in [-0.05, 0) is 30.3 Å². The van der Waals surface area contributed by atoms with Crippen LogP contribution in [0.5, 0.6) is 5.75 Å². The summed E-state index contributed by atoms with van der Waals surface area (Å²) >= 11 is 3.46. The Bertz CT molecular complexity index is 846. The first kappa shape index (κ1) is 16.3. The molecule has 1 aliphatic heterocycles. The van der Waals surface area contributed by atoms with Crippen molar-refractivity contribution >= 4 is 39.5 Å². The summed E-state index contributed by atoms with van der Waals surface area (Å²) in [5.74, 6) is 0.173. The Morgan fingerprint density at radius 3 is 2.67 bits per heavy atom. The number of halogens is 1. The van der Waals surface area contributed by atoms with E-state index in [2.05, 4.69) is 26.6 Å². The van der Waals surface area contributed by atoms with Crippen LogP contribution < -0.4 is 15.4 Å². The van der Waals surface area contributed by atoms with Gasteiger partial charge in [-0.3, -0.25) is 9.59 Å². The number of ether oxygens (including phenoxy) is 1. The van der Waals surface area contributed by atoms with Crippen LogP contribution in [0.4, 0.5) is 5.69 Å². The third-order valence-electron chi connectivity index (χ3n) is 3.65. The monoisotopic (exact) mass is 386 g/mol. The molecule has 24 heavy (non-hydrogen) atoms. The van der Waals surface area contributed by atoms with Crippen LogP contribution in [0.2, 0.25) is 0 Å². The highest BCUT2D eigenvalue weighted by atomic mass is 79.9. The molecule has 122 valence electrons. The third-order valence-corrected chi connectivity index (χ3v) is 4.34. The van der Waals surface area contributed by atoms with Gasteiger partial charge in [-0.1, -0.05) is 34.1 Å². The van der Waals surface area contributed by atoms with Crippen LogP contribution >= 0.6 is 15.9 Å². The van der Waals surface area contributed by atoms with Crippen molar-refractivity contribution < 1.29 is 14.3 Å². The van der Waals surface area contributed by atoms with Gasteiger partial charge in [-0.15, -0.1) is 0 Å². The molecule has 5 nitrogen and oxygen atoms in total. The Kier molecular flexibility index (Phi) is 4.66. The summed E-state index contributed by atoms with van der Waals surface area (Å²) in [6, 6.07) is 12.5. The minimum atomic E-state index is -0.298. The van der Waals surface area contributed by atoms with Crippen LogP contribution in [0.1, 0.15) is 15.9 Å². The summed E-state index contributed by atoms with van der Waals surface area (Å²) in [4.78, 5) is 24.4. The summed E-state index contributed by atoms with van der Waals surface area (Å²) in [5.41, 5.74) is 2.18. The molecule has 0 atom stereocenters. The van der Waals surface area contributed by atoms with Crippen molar-refractivity contribution in [3.05, 3.63) is 63.6 Å². The lowest BCUT2D eigenvalue weighted by molar-refractivity contribution is -0.113. The van der Waals surface area contributed by atoms with Gasteiger partial charge in [0, 0.05) is 17.1 Å². The Morgan fingerprint density at radius 2 is 1.88 bits per heavy atom. The van der Waals surface area contributed by atoms with Gasteiger partial charge in [0.25, 0.3) is 11.8 Å². The maximum absolute atomic E-state index is 12.5. The number of amides is 2. The number of carbonyl (C=O) groups is 2. The summed E-state index contributed by atoms with van der Waals surface area (Å²) in [7, 11) is 1.55. The van der Waals surface area contributed by atoms with Crippen molar-refractivity contribution in [3.63, 3.8) is 0 Å². The SMILES string of the molecule is CNC(=O)c1ccccc1NC(=O)C1=Cc2c(Br)cccc2OC1. The molecule has 0 radical (unpaired) electrons. The lowest BCUT2D eigenvalue weighted by Crippen LogP contribution is -2.24. The topological polar surface area (TPSA) is 67.4 Å². The molecule has 0 saturated heterocycles. The second kappa shape index (κ2) is 6.88. The molecule has 2 N–H and O–H groups in total. The van der Waals surface area contributed by atoms with E-state index in [1.54, 1.807) is 37.4 Å². The summed E-state index contributed by atoms with van der Waals surface area (Å²) < 4.78 is 6.49. The zero-order valence-electron chi connectivity index (χ0n) is 12.9. The molecule has 2 aromatic rings. The molecule has 0 saturated carbocycles. The summed E-state index contributed by atoms with van der Waals surface area (Å²) in [5, 5.41) is 5.34. The zero-order chi connectivity index (χ0) is 17.1. The van der Waals surface area contributed by atoms with E-state index in [0.717, 1.165) is 15.8 Å². The standard InChI is InChI=1S/C18H15BrN2O3/c1-20-18(23)12-5-2-3-7-15(12)21-17(22)11-9-13-14(19)6-4-8-16(13)24-10-11/h2-9H,10H2,1H3,(H,20,23)(H,21,22). The largest absolute Gasteiger partial charge is 0.488 e. The highest BCUT2D eigenvalue weighted by Gasteiger charge is 2.20. The number of para-hydroxylation sites is 1. The Labute approximate surface area is 147 Å². The van der Waals surface area contributed by atoms with Crippen molar-refractivity contribution in [2.24, 2.45) is 0 Å². The van der Waals surface area contributed by atoms with Crippen LogP contribution in [-0.4, -0.2) is 25.5 Å². The van der Waals surface area contributed by atoms with Gasteiger partial charge in [0.15, 0.2) is 0 Å². The van der Waals surface area contributed by atoms with Crippen LogP contribution in [0.25, 0.3) is 6.08 Å². The van der Waals surface area contributed by atoms with Crippen molar-refractivity contribution in [1.82, 2.24) is 5.32 Å². The number of fused-ring (bicyclic) bond motifs is 1. The lowest BCUT2D eigenvalue weighted by Gasteiger charge is -2.19. The maximum Gasteiger partial charge on any atom is 0.255 e. The van der Waals surface area contributed by atoms with E-state index in [-0.39, 0.29) is 18.4 Å². The number of nitrogens with one attached hydrogen (secondary N) is 2. The maximum atomic E-state index is 12.5. The fourth-order valence-corrected chi connectivity index (χ4v) is 2.88. The first-order valence-corrected chi connectivity index (χ1v) is 8.14. The van der Waals surface area contributed by atoms with E-state index in [9.17, 15) is 9.59 Å². The number of carbonyl (C=O) groups excluding carboxylic acids is 2. The van der Waals surface area contributed by atoms with Crippen molar-refractivity contribution in [2.75, 3.05) is 19.0 Å². The molecule has 0 unspecified atom stereocenters. The molecule has 2 aromatic carbocycles. The first-order valence-electron chi connectivity index (χ1n) is 7.34. The van der Waals surface area contributed by atoms with E-state index < -0.39 is 0 Å². The Balaban J connectivity index is 1.87. The van der Waals surface area contributed by atoms with Gasteiger partial charge >= 0.3 is 0 Å². The predicted molar refractivity (Wildman–Crippen MR) is 96.1 cm³/mol. The third kappa shape index (κ3) is 3.19. The number of anilines is 1. The second-order valence-electron chi connectivity index (χ2n) is 5.19. The quantitative estimate of drug-likeness (QED) is 0.850. The van der Waals surface area contributed by atoms with Gasteiger partial charge in [-0.25, -0.2) is 0 Å². The average molecular weight is 387 g/mol. The van der Waals surface area contributed by atoms with Gasteiger partial charge in [0.1, 0.15) is 12.4 Å². The zero-order valence-corrected chi connectivity index (χ0v) is 14.5. The molecule has 0 aromatic heterocycles. The average Bonchev–Trinajstić information content (AvgIpc) is 2.61. The molecule has 1 heterocycles. The molecule has 0 aliphatic carbocycles. The fourth-order valence-electron chi connectivity index (χ4n) is 2.41. The number of benzene rings is 2. The molecule has 2 amide bonds. The lowest BCUT2D eigenvalue weighted by atomic mass is 10.1. The van der Waals surface area contributed by atoms with Crippen LogP contribution in [-0.2, 0) is 4.79 Å². The molecule has 0 bridgehead atoms. The summed E-state index contributed by atoms with van der Waals surface area (Å²) in [6.07, 6.45) is 1.79.